The van der Waals surface area contributed by atoms with Crippen LogP contribution in [0.5, 0.6) is 0 Å². The standard InChI is InChI=1S/C9H13N3O5.Ga.3H/c10-5-1-2-12(9(16)11-5)8-7(15)6(14)4(3-13)17-8;;;;/h1-2,4,6-8,13-15H,3H2,(H2,10,11,16);;;;/t4-,6-,7+,8-;;;;/m1..../s1. The molecule has 1 aliphatic rings. The molecule has 0 spiro atoms. The van der Waals surface area contributed by atoms with Crippen molar-refractivity contribution < 1.29 is 20.1 Å². The van der Waals surface area contributed by atoms with E-state index in [4.69, 9.17) is 15.6 Å². The van der Waals surface area contributed by atoms with Gasteiger partial charge < -0.3 is 25.8 Å². The van der Waals surface area contributed by atoms with Crippen molar-refractivity contribution in [3.05, 3.63) is 22.7 Å². The molecule has 0 saturated carbocycles. The first-order valence-corrected chi connectivity index (χ1v) is 5.01. The molecule has 0 bridgehead atoms. The van der Waals surface area contributed by atoms with Gasteiger partial charge in [-0.15, -0.1) is 0 Å². The fourth-order valence-corrected chi connectivity index (χ4v) is 1.73. The number of hydrogen-bond acceptors (Lipinski definition) is 7. The molecule has 1 aromatic rings. The van der Waals surface area contributed by atoms with E-state index in [2.05, 4.69) is 4.98 Å². The second-order valence-electron chi connectivity index (χ2n) is 3.77. The predicted octanol–water partition coefficient (Wildman–Crippen LogP) is -3.75. The third-order valence-corrected chi connectivity index (χ3v) is 2.64. The molecule has 0 radical (unpaired) electrons. The topological polar surface area (TPSA) is 131 Å². The van der Waals surface area contributed by atoms with E-state index in [1.54, 1.807) is 0 Å². The first-order valence-electron chi connectivity index (χ1n) is 5.01. The van der Waals surface area contributed by atoms with Crippen LogP contribution in [0.1, 0.15) is 6.23 Å². The molecule has 0 aliphatic carbocycles. The Morgan fingerprint density at radius 1 is 1.44 bits per heavy atom. The van der Waals surface area contributed by atoms with E-state index in [9.17, 15) is 15.0 Å². The van der Waals surface area contributed by atoms with Crippen molar-refractivity contribution in [2.75, 3.05) is 12.3 Å². The minimum absolute atomic E-state index is 0. The van der Waals surface area contributed by atoms with Crippen molar-refractivity contribution in [3.8, 4) is 0 Å². The van der Waals surface area contributed by atoms with Crippen LogP contribution in [0.25, 0.3) is 0 Å². The van der Waals surface area contributed by atoms with Crippen LogP contribution in [0.2, 0.25) is 0 Å². The molecule has 5 N–H and O–H groups in total. The van der Waals surface area contributed by atoms with Gasteiger partial charge in [-0.1, -0.05) is 0 Å². The zero-order valence-electron chi connectivity index (χ0n) is 8.80. The molecular formula is C9H16GaN3O5. The summed E-state index contributed by atoms with van der Waals surface area (Å²) in [6.07, 6.45) is -3.27. The first-order chi connectivity index (χ1) is 8.04. The van der Waals surface area contributed by atoms with Gasteiger partial charge in [-0.25, -0.2) is 4.79 Å². The van der Waals surface area contributed by atoms with Gasteiger partial charge in [0.25, 0.3) is 0 Å². The molecule has 0 aromatic carbocycles. The number of anilines is 1. The Morgan fingerprint density at radius 2 is 2.11 bits per heavy atom. The average molecular weight is 316 g/mol. The molecule has 8 nitrogen and oxygen atoms in total. The van der Waals surface area contributed by atoms with Gasteiger partial charge in [0.05, 0.1) is 6.61 Å². The van der Waals surface area contributed by atoms with Crippen molar-refractivity contribution in [3.63, 3.8) is 0 Å². The number of ether oxygens (including phenoxy) is 1. The Kier molecular flexibility index (Phi) is 4.96. The van der Waals surface area contributed by atoms with E-state index in [-0.39, 0.29) is 25.6 Å². The summed E-state index contributed by atoms with van der Waals surface area (Å²) >= 11 is 0. The summed E-state index contributed by atoms with van der Waals surface area (Å²) in [5.41, 5.74) is 4.63. The average Bonchev–Trinajstić information content (AvgIpc) is 2.57. The molecule has 2 heterocycles. The van der Waals surface area contributed by atoms with Crippen LogP contribution in [-0.4, -0.2) is 69.6 Å². The number of hydrogen-bond donors (Lipinski definition) is 4. The number of rotatable bonds is 2. The summed E-state index contributed by atoms with van der Waals surface area (Å²) in [6, 6.07) is 1.37. The third kappa shape index (κ3) is 2.60. The van der Waals surface area contributed by atoms with Gasteiger partial charge in [-0.3, -0.25) is 4.57 Å². The summed E-state index contributed by atoms with van der Waals surface area (Å²) in [6.45, 7) is -0.453. The summed E-state index contributed by atoms with van der Waals surface area (Å²) in [4.78, 5) is 15.0. The van der Waals surface area contributed by atoms with Gasteiger partial charge >= 0.3 is 25.5 Å². The van der Waals surface area contributed by atoms with Gasteiger partial charge in [0.1, 0.15) is 24.1 Å². The van der Waals surface area contributed by atoms with Gasteiger partial charge in [0, 0.05) is 6.20 Å². The fraction of sp³-hybridized carbons (Fsp3) is 0.556. The molecular weight excluding hydrogens is 300 g/mol. The molecule has 4 atom stereocenters. The van der Waals surface area contributed by atoms with E-state index < -0.39 is 36.8 Å². The fourth-order valence-electron chi connectivity index (χ4n) is 1.73. The monoisotopic (exact) mass is 315 g/mol. The van der Waals surface area contributed by atoms with E-state index in [1.165, 1.54) is 12.3 Å². The first kappa shape index (κ1) is 15.2. The molecule has 18 heavy (non-hydrogen) atoms. The Bertz CT molecular complexity index is 468. The number of nitrogens with zero attached hydrogens (tertiary/aromatic N) is 2. The van der Waals surface area contributed by atoms with Crippen LogP contribution in [0.15, 0.2) is 17.1 Å². The number of nitrogens with two attached hydrogens (primary N) is 1. The zero-order chi connectivity index (χ0) is 12.6. The van der Waals surface area contributed by atoms with E-state index in [0.717, 1.165) is 4.57 Å². The Morgan fingerprint density at radius 3 is 2.61 bits per heavy atom. The summed E-state index contributed by atoms with van der Waals surface area (Å²) in [5.74, 6) is 0.0537. The molecule has 2 rings (SSSR count). The van der Waals surface area contributed by atoms with E-state index >= 15 is 0 Å². The predicted molar refractivity (Wildman–Crippen MR) is 65.9 cm³/mol. The Hall–Kier alpha value is -0.844. The molecule has 9 heteroatoms. The van der Waals surface area contributed by atoms with Gasteiger partial charge in [-0.2, -0.15) is 4.98 Å². The second kappa shape index (κ2) is 5.86. The maximum absolute atomic E-state index is 11.5. The number of nitrogen functional groups attached to an aromatic ring is 1. The molecule has 0 unspecified atom stereocenters. The van der Waals surface area contributed by atoms with Crippen molar-refractivity contribution in [1.82, 2.24) is 9.55 Å². The second-order valence-corrected chi connectivity index (χ2v) is 3.77. The van der Waals surface area contributed by atoms with E-state index in [0.29, 0.717) is 0 Å². The Labute approximate surface area is 115 Å². The van der Waals surface area contributed by atoms with Gasteiger partial charge in [0.15, 0.2) is 6.23 Å². The Balaban J connectivity index is 0.00000162. The molecule has 1 saturated heterocycles. The zero-order valence-corrected chi connectivity index (χ0v) is 8.80. The van der Waals surface area contributed by atoms with Crippen molar-refractivity contribution >= 4 is 25.6 Å². The molecule has 0 amide bonds. The van der Waals surface area contributed by atoms with Crippen LogP contribution >= 0.6 is 0 Å². The van der Waals surface area contributed by atoms with Crippen molar-refractivity contribution in [2.45, 2.75) is 24.5 Å². The minimum atomic E-state index is -1.31. The van der Waals surface area contributed by atoms with Crippen molar-refractivity contribution in [2.24, 2.45) is 0 Å². The summed E-state index contributed by atoms with van der Waals surface area (Å²) in [7, 11) is 0. The van der Waals surface area contributed by atoms with Crippen LogP contribution in [-0.2, 0) is 4.74 Å². The molecule has 100 valence electrons. The van der Waals surface area contributed by atoms with Gasteiger partial charge in [0.2, 0.25) is 0 Å². The SMILES string of the molecule is Nc1ccn([C@@H]2O[C@H](CO)[C@@H](O)[C@@H]2O)c(=O)n1.[GaH3]. The molecule has 1 fully saturated rings. The number of aromatic nitrogens is 2. The maximum atomic E-state index is 11.5. The normalized spacial score (nSPS) is 31.1. The number of aliphatic hydroxyl groups is 3. The third-order valence-electron chi connectivity index (χ3n) is 2.64. The van der Waals surface area contributed by atoms with Crippen LogP contribution in [0.3, 0.4) is 0 Å². The van der Waals surface area contributed by atoms with E-state index in [1.807, 2.05) is 0 Å². The molecule has 1 aromatic heterocycles. The number of aliphatic hydroxyl groups excluding tert-OH is 3. The quantitative estimate of drug-likeness (QED) is 0.412. The van der Waals surface area contributed by atoms with Crippen LogP contribution in [0, 0.1) is 0 Å². The summed E-state index contributed by atoms with van der Waals surface area (Å²) in [5, 5.41) is 28.2. The molecule has 1 aliphatic heterocycles. The van der Waals surface area contributed by atoms with Gasteiger partial charge in [-0.05, 0) is 6.07 Å². The van der Waals surface area contributed by atoms with Crippen LogP contribution < -0.4 is 11.4 Å². The van der Waals surface area contributed by atoms with Crippen LogP contribution in [0.4, 0.5) is 5.82 Å². The van der Waals surface area contributed by atoms with Crippen molar-refractivity contribution in [1.29, 1.82) is 0 Å². The summed E-state index contributed by atoms with van der Waals surface area (Å²) < 4.78 is 6.19.